The molecule has 118 valence electrons. The van der Waals surface area contributed by atoms with Gasteiger partial charge in [-0.2, -0.15) is 0 Å². The van der Waals surface area contributed by atoms with Gasteiger partial charge >= 0.3 is 0 Å². The van der Waals surface area contributed by atoms with Crippen LogP contribution in [0.1, 0.15) is 10.4 Å². The third kappa shape index (κ3) is 3.52. The fraction of sp³-hybridized carbons (Fsp3) is 0.125. The number of nitrogens with one attached hydrogen (secondary N) is 1. The summed E-state index contributed by atoms with van der Waals surface area (Å²) in [6.45, 7) is 1.17. The summed E-state index contributed by atoms with van der Waals surface area (Å²) in [5, 5.41) is 3.98. The van der Waals surface area contributed by atoms with Crippen LogP contribution in [0.15, 0.2) is 51.9 Å². The molecular weight excluding hydrogens is 401 g/mol. The summed E-state index contributed by atoms with van der Waals surface area (Å²) >= 11 is 15.6. The largest absolute Gasteiger partial charge is 0.354 e. The highest BCUT2D eigenvalue weighted by Crippen LogP contribution is 2.33. The number of carbonyl (C=O) groups excluding carboxylic acids is 1. The first-order valence-corrected chi connectivity index (χ1v) is 8.45. The average molecular weight is 413 g/mol. The molecule has 0 atom stereocenters. The van der Waals surface area contributed by atoms with Crippen molar-refractivity contribution in [3.05, 3.63) is 62.5 Å². The maximum Gasteiger partial charge on any atom is 0.260 e. The molecule has 0 radical (unpaired) electrons. The predicted molar refractivity (Wildman–Crippen MR) is 96.7 cm³/mol. The zero-order chi connectivity index (χ0) is 16.4. The smallest absolute Gasteiger partial charge is 0.260 e. The van der Waals surface area contributed by atoms with Crippen LogP contribution in [0.2, 0.25) is 10.0 Å². The van der Waals surface area contributed by atoms with E-state index in [0.29, 0.717) is 40.3 Å². The molecule has 0 unspecified atom stereocenters. The Morgan fingerprint density at radius 2 is 1.78 bits per heavy atom. The second kappa shape index (κ2) is 6.91. The molecule has 0 aliphatic carbocycles. The molecule has 2 aromatic rings. The van der Waals surface area contributed by atoms with Crippen molar-refractivity contribution in [2.75, 3.05) is 13.1 Å². The van der Waals surface area contributed by atoms with Crippen molar-refractivity contribution < 1.29 is 4.79 Å². The summed E-state index contributed by atoms with van der Waals surface area (Å²) in [4.78, 5) is 18.7. The van der Waals surface area contributed by atoms with Crippen LogP contribution in [0.25, 0.3) is 0 Å². The Hall–Kier alpha value is -1.56. The lowest BCUT2D eigenvalue weighted by Crippen LogP contribution is -2.35. The summed E-state index contributed by atoms with van der Waals surface area (Å²) in [5.41, 5.74) is 1.05. The van der Waals surface area contributed by atoms with E-state index in [1.165, 1.54) is 0 Å². The van der Waals surface area contributed by atoms with E-state index in [1.807, 2.05) is 12.1 Å². The van der Waals surface area contributed by atoms with Gasteiger partial charge in [0.15, 0.2) is 0 Å². The van der Waals surface area contributed by atoms with E-state index in [4.69, 9.17) is 23.2 Å². The fourth-order valence-corrected chi connectivity index (χ4v) is 2.97. The molecular formula is C16H12BrCl2N3O. The molecule has 0 aromatic heterocycles. The first-order valence-electron chi connectivity index (χ1n) is 6.90. The summed E-state index contributed by atoms with van der Waals surface area (Å²) in [7, 11) is 0. The van der Waals surface area contributed by atoms with E-state index >= 15 is 0 Å². The van der Waals surface area contributed by atoms with Crippen molar-refractivity contribution >= 4 is 56.7 Å². The number of amides is 1. The molecule has 1 amide bonds. The van der Waals surface area contributed by atoms with Crippen molar-refractivity contribution in [3.63, 3.8) is 0 Å². The molecule has 1 heterocycles. The van der Waals surface area contributed by atoms with Gasteiger partial charge in [0.1, 0.15) is 5.69 Å². The predicted octanol–water partition coefficient (Wildman–Crippen LogP) is 4.49. The zero-order valence-electron chi connectivity index (χ0n) is 11.9. The van der Waals surface area contributed by atoms with Gasteiger partial charge in [0, 0.05) is 23.1 Å². The van der Waals surface area contributed by atoms with Gasteiger partial charge in [-0.1, -0.05) is 45.2 Å². The van der Waals surface area contributed by atoms with Gasteiger partial charge in [0.25, 0.3) is 5.91 Å². The average Bonchev–Trinajstić information content (AvgIpc) is 2.99. The number of guanidine groups is 1. The lowest BCUT2D eigenvalue weighted by molar-refractivity contribution is 0.0859. The SMILES string of the molecule is O=C(c1ccc(Br)cc1)N1CCNC1=Nc1c(Cl)cccc1Cl. The Bertz CT molecular complexity index is 757. The van der Waals surface area contributed by atoms with Crippen LogP contribution in [0.5, 0.6) is 0 Å². The number of benzene rings is 2. The zero-order valence-corrected chi connectivity index (χ0v) is 15.0. The number of carbonyl (C=O) groups is 1. The standard InChI is InChI=1S/C16H12BrCl2N3O/c17-11-6-4-10(5-7-11)15(23)22-9-8-20-16(22)21-14-12(18)2-1-3-13(14)19/h1-7H,8-9H2,(H,20,21). The van der Waals surface area contributed by atoms with Crippen LogP contribution in [0.3, 0.4) is 0 Å². The Balaban J connectivity index is 1.92. The monoisotopic (exact) mass is 411 g/mol. The van der Waals surface area contributed by atoms with E-state index < -0.39 is 0 Å². The van der Waals surface area contributed by atoms with Crippen LogP contribution in [0, 0.1) is 0 Å². The maximum atomic E-state index is 12.7. The minimum Gasteiger partial charge on any atom is -0.354 e. The van der Waals surface area contributed by atoms with Crippen molar-refractivity contribution in [2.45, 2.75) is 0 Å². The van der Waals surface area contributed by atoms with Crippen LogP contribution in [-0.4, -0.2) is 29.9 Å². The highest BCUT2D eigenvalue weighted by Gasteiger charge is 2.26. The van der Waals surface area contributed by atoms with Crippen molar-refractivity contribution in [1.82, 2.24) is 10.2 Å². The molecule has 1 saturated heterocycles. The van der Waals surface area contributed by atoms with Crippen LogP contribution in [0.4, 0.5) is 5.69 Å². The first kappa shape index (κ1) is 16.3. The van der Waals surface area contributed by atoms with Gasteiger partial charge in [0.2, 0.25) is 5.96 Å². The third-order valence-corrected chi connectivity index (χ3v) is 4.50. The molecule has 0 bridgehead atoms. The fourth-order valence-electron chi connectivity index (χ4n) is 2.23. The normalized spacial score (nSPS) is 15.8. The second-order valence-corrected chi connectivity index (χ2v) is 6.63. The van der Waals surface area contributed by atoms with Crippen LogP contribution >= 0.6 is 39.1 Å². The molecule has 3 rings (SSSR count). The quantitative estimate of drug-likeness (QED) is 0.789. The van der Waals surface area contributed by atoms with E-state index in [9.17, 15) is 4.79 Å². The topological polar surface area (TPSA) is 44.7 Å². The molecule has 7 heteroatoms. The Morgan fingerprint density at radius 1 is 1.13 bits per heavy atom. The lowest BCUT2D eigenvalue weighted by atomic mass is 10.2. The molecule has 1 N–H and O–H groups in total. The highest BCUT2D eigenvalue weighted by atomic mass is 79.9. The summed E-state index contributed by atoms with van der Waals surface area (Å²) < 4.78 is 0.922. The summed E-state index contributed by atoms with van der Waals surface area (Å²) in [5.74, 6) is 0.331. The van der Waals surface area contributed by atoms with Gasteiger partial charge < -0.3 is 5.32 Å². The number of hydrogen-bond donors (Lipinski definition) is 1. The van der Waals surface area contributed by atoms with Gasteiger partial charge in [-0.05, 0) is 36.4 Å². The lowest BCUT2D eigenvalue weighted by Gasteiger charge is -2.16. The minimum absolute atomic E-state index is 0.121. The van der Waals surface area contributed by atoms with E-state index in [2.05, 4.69) is 26.2 Å². The Kier molecular flexibility index (Phi) is 4.90. The number of para-hydroxylation sites is 1. The summed E-state index contributed by atoms with van der Waals surface area (Å²) in [6, 6.07) is 12.4. The van der Waals surface area contributed by atoms with Crippen molar-refractivity contribution in [1.29, 1.82) is 0 Å². The third-order valence-electron chi connectivity index (χ3n) is 3.37. The van der Waals surface area contributed by atoms with Crippen molar-refractivity contribution in [3.8, 4) is 0 Å². The van der Waals surface area contributed by atoms with Gasteiger partial charge in [-0.15, -0.1) is 0 Å². The molecule has 1 aliphatic rings. The Morgan fingerprint density at radius 3 is 2.43 bits per heavy atom. The summed E-state index contributed by atoms with van der Waals surface area (Å²) in [6.07, 6.45) is 0. The number of rotatable bonds is 2. The molecule has 2 aromatic carbocycles. The van der Waals surface area contributed by atoms with Gasteiger partial charge in [-0.25, -0.2) is 4.99 Å². The second-order valence-electron chi connectivity index (χ2n) is 4.90. The van der Waals surface area contributed by atoms with Crippen molar-refractivity contribution in [2.24, 2.45) is 4.99 Å². The van der Waals surface area contributed by atoms with E-state index in [0.717, 1.165) is 4.47 Å². The molecule has 1 aliphatic heterocycles. The molecule has 0 saturated carbocycles. The molecule has 0 spiro atoms. The number of aliphatic imine (C=N–C) groups is 1. The number of hydrogen-bond acceptors (Lipinski definition) is 2. The minimum atomic E-state index is -0.121. The molecule has 1 fully saturated rings. The van der Waals surface area contributed by atoms with Crippen LogP contribution in [-0.2, 0) is 0 Å². The molecule has 23 heavy (non-hydrogen) atoms. The first-order chi connectivity index (χ1) is 11.1. The van der Waals surface area contributed by atoms with Gasteiger partial charge in [-0.3, -0.25) is 9.69 Å². The van der Waals surface area contributed by atoms with E-state index in [-0.39, 0.29) is 5.91 Å². The Labute approximate surface area is 152 Å². The van der Waals surface area contributed by atoms with E-state index in [1.54, 1.807) is 35.2 Å². The van der Waals surface area contributed by atoms with Crippen LogP contribution < -0.4 is 5.32 Å². The number of halogens is 3. The van der Waals surface area contributed by atoms with Gasteiger partial charge in [0.05, 0.1) is 10.0 Å². The maximum absolute atomic E-state index is 12.7. The number of nitrogens with zero attached hydrogens (tertiary/aromatic N) is 2. The molecule has 4 nitrogen and oxygen atoms in total. The highest BCUT2D eigenvalue weighted by molar-refractivity contribution is 9.10.